The van der Waals surface area contributed by atoms with E-state index in [1.54, 1.807) is 6.07 Å². The summed E-state index contributed by atoms with van der Waals surface area (Å²) in [5.41, 5.74) is 2.39. The average Bonchev–Trinajstić information content (AvgIpc) is 2.62. The van der Waals surface area contributed by atoms with Gasteiger partial charge < -0.3 is 15.4 Å². The fraction of sp³-hybridized carbons (Fsp3) is 0.250. The van der Waals surface area contributed by atoms with E-state index in [9.17, 15) is 14.4 Å². The number of carbonyl (C=O) groups is 3. The van der Waals surface area contributed by atoms with Crippen LogP contribution in [0.2, 0.25) is 0 Å². The van der Waals surface area contributed by atoms with Crippen molar-refractivity contribution in [2.75, 3.05) is 10.6 Å². The third kappa shape index (κ3) is 4.89. The molecule has 2 amide bonds. The molecule has 1 aliphatic rings. The number of ether oxygens (including phenoxy) is 1. The Morgan fingerprint density at radius 3 is 2.78 bits per heavy atom. The highest BCUT2D eigenvalue weighted by Crippen LogP contribution is 2.36. The monoisotopic (exact) mass is 384 g/mol. The predicted molar refractivity (Wildman–Crippen MR) is 105 cm³/mol. The zero-order chi connectivity index (χ0) is 19.4. The number of anilines is 2. The standard InChI is InChI=1S/C20H20N2O4S/c1-12-6-5-7-14(10-12)21-19(24)13(2)26-18(23)11-17-20(25)22-15-8-3-4-9-16(15)27-17/h3-10,13,17H,11H2,1-2H3,(H,21,24)(H,22,25)/t13-,17-/m1/s1. The van der Waals surface area contributed by atoms with Crippen LogP contribution in [0.25, 0.3) is 0 Å². The molecule has 2 atom stereocenters. The maximum absolute atomic E-state index is 12.2. The molecular formula is C20H20N2O4S. The molecule has 6 nitrogen and oxygen atoms in total. The first-order valence-corrected chi connectivity index (χ1v) is 9.44. The van der Waals surface area contributed by atoms with E-state index >= 15 is 0 Å². The van der Waals surface area contributed by atoms with E-state index in [1.165, 1.54) is 18.7 Å². The fourth-order valence-corrected chi connectivity index (χ4v) is 3.74. The second kappa shape index (κ2) is 8.26. The number of esters is 1. The van der Waals surface area contributed by atoms with Crippen molar-refractivity contribution >= 4 is 40.9 Å². The van der Waals surface area contributed by atoms with Crippen molar-refractivity contribution in [3.05, 3.63) is 54.1 Å². The number of thioether (sulfide) groups is 1. The molecule has 7 heteroatoms. The minimum atomic E-state index is -0.957. The molecule has 1 heterocycles. The number of fused-ring (bicyclic) bond motifs is 1. The van der Waals surface area contributed by atoms with Crippen LogP contribution in [0.1, 0.15) is 18.9 Å². The Bertz CT molecular complexity index is 884. The Labute approximate surface area is 161 Å². The van der Waals surface area contributed by atoms with Crippen LogP contribution in [-0.4, -0.2) is 29.1 Å². The molecule has 140 valence electrons. The van der Waals surface area contributed by atoms with Crippen LogP contribution >= 0.6 is 11.8 Å². The van der Waals surface area contributed by atoms with Crippen molar-refractivity contribution in [2.24, 2.45) is 0 Å². The molecule has 0 saturated carbocycles. The zero-order valence-corrected chi connectivity index (χ0v) is 15.8. The Morgan fingerprint density at radius 1 is 1.22 bits per heavy atom. The average molecular weight is 384 g/mol. The van der Waals surface area contributed by atoms with Gasteiger partial charge in [-0.3, -0.25) is 14.4 Å². The molecule has 0 aliphatic carbocycles. The first-order chi connectivity index (χ1) is 12.9. The Balaban J connectivity index is 1.54. The van der Waals surface area contributed by atoms with E-state index in [0.717, 1.165) is 16.1 Å². The maximum Gasteiger partial charge on any atom is 0.308 e. The molecule has 0 spiro atoms. The lowest BCUT2D eigenvalue weighted by molar-refractivity contribution is -0.153. The summed E-state index contributed by atoms with van der Waals surface area (Å²) >= 11 is 1.32. The van der Waals surface area contributed by atoms with Crippen LogP contribution < -0.4 is 10.6 Å². The minimum Gasteiger partial charge on any atom is -0.452 e. The Hall–Kier alpha value is -2.80. The van der Waals surface area contributed by atoms with Crippen LogP contribution in [0.15, 0.2) is 53.4 Å². The van der Waals surface area contributed by atoms with Crippen LogP contribution in [0.5, 0.6) is 0 Å². The van der Waals surface area contributed by atoms with Crippen molar-refractivity contribution in [1.29, 1.82) is 0 Å². The number of carbonyl (C=O) groups excluding carboxylic acids is 3. The Kier molecular flexibility index (Phi) is 5.81. The molecule has 0 radical (unpaired) electrons. The number of hydrogen-bond acceptors (Lipinski definition) is 5. The molecule has 2 aromatic rings. The smallest absolute Gasteiger partial charge is 0.308 e. The molecule has 0 unspecified atom stereocenters. The first kappa shape index (κ1) is 19.0. The summed E-state index contributed by atoms with van der Waals surface area (Å²) in [4.78, 5) is 37.5. The predicted octanol–water partition coefficient (Wildman–Crippen LogP) is 3.37. The van der Waals surface area contributed by atoms with Crippen molar-refractivity contribution in [1.82, 2.24) is 0 Å². The van der Waals surface area contributed by atoms with Crippen LogP contribution in [0.4, 0.5) is 11.4 Å². The van der Waals surface area contributed by atoms with E-state index < -0.39 is 23.2 Å². The van der Waals surface area contributed by atoms with Gasteiger partial charge in [-0.15, -0.1) is 11.8 Å². The van der Waals surface area contributed by atoms with Gasteiger partial charge in [0.05, 0.1) is 17.4 Å². The quantitative estimate of drug-likeness (QED) is 0.772. The lowest BCUT2D eigenvalue weighted by atomic mass is 10.2. The molecular weight excluding hydrogens is 364 g/mol. The van der Waals surface area contributed by atoms with Crippen LogP contribution in [0, 0.1) is 6.92 Å². The number of amides is 2. The first-order valence-electron chi connectivity index (χ1n) is 8.56. The van der Waals surface area contributed by atoms with Gasteiger partial charge >= 0.3 is 5.97 Å². The van der Waals surface area contributed by atoms with Crippen molar-refractivity contribution in [3.8, 4) is 0 Å². The summed E-state index contributed by atoms with van der Waals surface area (Å²) in [5, 5.41) is 4.91. The van der Waals surface area contributed by atoms with Gasteiger partial charge in [0, 0.05) is 10.6 Å². The summed E-state index contributed by atoms with van der Waals surface area (Å²) < 4.78 is 5.21. The van der Waals surface area contributed by atoms with E-state index in [4.69, 9.17) is 4.74 Å². The van der Waals surface area contributed by atoms with Crippen LogP contribution in [-0.2, 0) is 19.1 Å². The van der Waals surface area contributed by atoms with Crippen LogP contribution in [0.3, 0.4) is 0 Å². The topological polar surface area (TPSA) is 84.5 Å². The molecule has 2 aromatic carbocycles. The molecule has 0 aromatic heterocycles. The largest absolute Gasteiger partial charge is 0.452 e. The van der Waals surface area contributed by atoms with Crippen molar-refractivity contribution in [2.45, 2.75) is 36.5 Å². The lowest BCUT2D eigenvalue weighted by Crippen LogP contribution is -2.34. The third-order valence-corrected chi connectivity index (χ3v) is 5.30. The third-order valence-electron chi connectivity index (χ3n) is 4.02. The lowest BCUT2D eigenvalue weighted by Gasteiger charge is -2.23. The molecule has 2 N–H and O–H groups in total. The second-order valence-electron chi connectivity index (χ2n) is 6.29. The SMILES string of the molecule is Cc1cccc(NC(=O)[C@@H](C)OC(=O)C[C@H]2Sc3ccccc3NC2=O)c1. The van der Waals surface area contributed by atoms with E-state index in [0.29, 0.717) is 5.69 Å². The second-order valence-corrected chi connectivity index (χ2v) is 7.53. The van der Waals surface area contributed by atoms with Gasteiger partial charge in [-0.25, -0.2) is 0 Å². The van der Waals surface area contributed by atoms with E-state index in [-0.39, 0.29) is 12.3 Å². The van der Waals surface area contributed by atoms with Gasteiger partial charge in [-0.05, 0) is 43.7 Å². The van der Waals surface area contributed by atoms with Gasteiger partial charge in [0.1, 0.15) is 0 Å². The molecule has 0 bridgehead atoms. The summed E-state index contributed by atoms with van der Waals surface area (Å²) in [5.74, 6) is -1.25. The minimum absolute atomic E-state index is 0.104. The summed E-state index contributed by atoms with van der Waals surface area (Å²) in [6.07, 6.45) is -1.06. The van der Waals surface area contributed by atoms with Gasteiger partial charge in [0.25, 0.3) is 5.91 Å². The number of para-hydroxylation sites is 1. The zero-order valence-electron chi connectivity index (χ0n) is 15.0. The number of aryl methyl sites for hydroxylation is 1. The van der Waals surface area contributed by atoms with Gasteiger partial charge in [-0.2, -0.15) is 0 Å². The van der Waals surface area contributed by atoms with Gasteiger partial charge in [0.2, 0.25) is 5.91 Å². The number of nitrogens with one attached hydrogen (secondary N) is 2. The summed E-state index contributed by atoms with van der Waals surface area (Å²) in [6.45, 7) is 3.43. The number of rotatable bonds is 5. The molecule has 27 heavy (non-hydrogen) atoms. The van der Waals surface area contributed by atoms with Crippen molar-refractivity contribution < 1.29 is 19.1 Å². The van der Waals surface area contributed by atoms with Crippen molar-refractivity contribution in [3.63, 3.8) is 0 Å². The van der Waals surface area contributed by atoms with E-state index in [2.05, 4.69) is 10.6 Å². The summed E-state index contributed by atoms with van der Waals surface area (Å²) in [7, 11) is 0. The molecule has 3 rings (SSSR count). The number of hydrogen-bond donors (Lipinski definition) is 2. The Morgan fingerprint density at radius 2 is 2.00 bits per heavy atom. The highest BCUT2D eigenvalue weighted by atomic mass is 32.2. The van der Waals surface area contributed by atoms with Gasteiger partial charge in [0.15, 0.2) is 6.10 Å². The fourth-order valence-electron chi connectivity index (χ4n) is 2.64. The highest BCUT2D eigenvalue weighted by Gasteiger charge is 2.30. The number of benzene rings is 2. The van der Waals surface area contributed by atoms with E-state index in [1.807, 2.05) is 49.4 Å². The van der Waals surface area contributed by atoms with Gasteiger partial charge in [-0.1, -0.05) is 24.3 Å². The molecule has 1 aliphatic heterocycles. The maximum atomic E-state index is 12.2. The molecule has 0 fully saturated rings. The highest BCUT2D eigenvalue weighted by molar-refractivity contribution is 8.01. The summed E-state index contributed by atoms with van der Waals surface area (Å²) in [6, 6.07) is 14.7. The normalized spacial score (nSPS) is 16.7. The molecule has 0 saturated heterocycles.